The Morgan fingerprint density at radius 1 is 1.38 bits per heavy atom. The van der Waals surface area contributed by atoms with E-state index in [1.54, 1.807) is 6.08 Å². The number of para-hydroxylation sites is 1. The highest BCUT2D eigenvalue weighted by Gasteiger charge is 2.16. The number of hydrogen-bond acceptors (Lipinski definition) is 2. The number of nitrogens with two attached hydrogens (primary N) is 1. The Morgan fingerprint density at radius 2 is 2.15 bits per heavy atom. The molecular weight excluding hydrogens is 166 g/mol. The molecule has 3 heteroatoms. The maximum atomic E-state index is 11.0. The highest BCUT2D eigenvalue weighted by atomic mass is 16.5. The van der Waals surface area contributed by atoms with Crippen LogP contribution in [0.15, 0.2) is 30.3 Å². The minimum Gasteiger partial charge on any atom is -0.489 e. The highest BCUT2D eigenvalue weighted by molar-refractivity contribution is 6.19. The Kier molecular flexibility index (Phi) is 1.77. The molecule has 2 N–H and O–H groups in total. The van der Waals surface area contributed by atoms with E-state index in [1.807, 2.05) is 24.3 Å². The van der Waals surface area contributed by atoms with Crippen LogP contribution in [0.4, 0.5) is 0 Å². The number of rotatable bonds is 1. The molecule has 0 atom stereocenters. The molecule has 0 aliphatic carbocycles. The molecule has 1 heterocycles. The summed E-state index contributed by atoms with van der Waals surface area (Å²) in [6.07, 6.45) is 1.70. The highest BCUT2D eigenvalue weighted by Crippen LogP contribution is 2.28. The van der Waals surface area contributed by atoms with Gasteiger partial charge in [-0.05, 0) is 12.1 Å². The lowest BCUT2D eigenvalue weighted by Gasteiger charge is -2.15. The van der Waals surface area contributed by atoms with Gasteiger partial charge >= 0.3 is 0 Å². The van der Waals surface area contributed by atoms with E-state index in [9.17, 15) is 4.79 Å². The summed E-state index contributed by atoms with van der Waals surface area (Å²) in [4.78, 5) is 11.0. The van der Waals surface area contributed by atoms with E-state index in [0.29, 0.717) is 12.2 Å². The standard InChI is InChI=1S/C10H9NO2/c11-10(12)8-5-6-13-9-4-2-1-3-7(8)9/h1-5H,6H2,(H2,11,12). The van der Waals surface area contributed by atoms with Crippen LogP contribution in [0.1, 0.15) is 5.56 Å². The quantitative estimate of drug-likeness (QED) is 0.690. The maximum Gasteiger partial charge on any atom is 0.249 e. The predicted octanol–water partition coefficient (Wildman–Crippen LogP) is 0.948. The molecule has 0 saturated carbocycles. The fraction of sp³-hybridized carbons (Fsp3) is 0.100. The molecular formula is C10H9NO2. The summed E-state index contributed by atoms with van der Waals surface area (Å²) in [5, 5.41) is 0. The molecule has 1 aromatic carbocycles. The zero-order valence-electron chi connectivity index (χ0n) is 6.99. The number of amides is 1. The molecule has 1 aromatic rings. The molecule has 1 amide bonds. The maximum absolute atomic E-state index is 11.0. The van der Waals surface area contributed by atoms with Crippen LogP contribution in [0, 0.1) is 0 Å². The zero-order chi connectivity index (χ0) is 9.26. The monoisotopic (exact) mass is 175 g/mol. The smallest absolute Gasteiger partial charge is 0.249 e. The molecule has 1 aliphatic rings. The van der Waals surface area contributed by atoms with E-state index in [4.69, 9.17) is 10.5 Å². The van der Waals surface area contributed by atoms with Crippen molar-refractivity contribution in [3.05, 3.63) is 35.9 Å². The predicted molar refractivity (Wildman–Crippen MR) is 49.1 cm³/mol. The van der Waals surface area contributed by atoms with Gasteiger partial charge in [-0.2, -0.15) is 0 Å². The van der Waals surface area contributed by atoms with Gasteiger partial charge in [0.1, 0.15) is 12.4 Å². The second-order valence-electron chi connectivity index (χ2n) is 2.79. The summed E-state index contributed by atoms with van der Waals surface area (Å²) >= 11 is 0. The lowest BCUT2D eigenvalue weighted by Crippen LogP contribution is -2.17. The molecule has 0 bridgehead atoms. The average molecular weight is 175 g/mol. The topological polar surface area (TPSA) is 52.3 Å². The van der Waals surface area contributed by atoms with Crippen molar-refractivity contribution in [2.45, 2.75) is 0 Å². The van der Waals surface area contributed by atoms with E-state index < -0.39 is 5.91 Å². The van der Waals surface area contributed by atoms with E-state index in [-0.39, 0.29) is 0 Å². The van der Waals surface area contributed by atoms with Gasteiger partial charge < -0.3 is 10.5 Å². The molecule has 0 fully saturated rings. The Morgan fingerprint density at radius 3 is 2.92 bits per heavy atom. The lowest BCUT2D eigenvalue weighted by atomic mass is 10.0. The molecule has 2 rings (SSSR count). The first-order valence-electron chi connectivity index (χ1n) is 4.01. The molecule has 0 radical (unpaired) electrons. The minimum absolute atomic E-state index is 0.407. The SMILES string of the molecule is NC(=O)C1=CCOc2ccccc21. The van der Waals surface area contributed by atoms with Crippen molar-refractivity contribution < 1.29 is 9.53 Å². The second-order valence-corrected chi connectivity index (χ2v) is 2.79. The Labute approximate surface area is 75.8 Å². The zero-order valence-corrected chi connectivity index (χ0v) is 6.99. The third-order valence-corrected chi connectivity index (χ3v) is 1.97. The minimum atomic E-state index is -0.407. The van der Waals surface area contributed by atoms with Gasteiger partial charge in [-0.3, -0.25) is 4.79 Å². The van der Waals surface area contributed by atoms with Crippen molar-refractivity contribution in [3.63, 3.8) is 0 Å². The Bertz CT molecular complexity index is 382. The van der Waals surface area contributed by atoms with Gasteiger partial charge in [0.05, 0.1) is 0 Å². The van der Waals surface area contributed by atoms with Crippen LogP contribution < -0.4 is 10.5 Å². The fourth-order valence-electron chi connectivity index (χ4n) is 1.37. The number of primary amides is 1. The number of ether oxygens (including phenoxy) is 1. The number of fused-ring (bicyclic) bond motifs is 1. The molecule has 0 saturated heterocycles. The van der Waals surface area contributed by atoms with Crippen LogP contribution in [0.25, 0.3) is 5.57 Å². The van der Waals surface area contributed by atoms with Crippen molar-refractivity contribution in [2.75, 3.05) is 6.61 Å². The van der Waals surface area contributed by atoms with Crippen LogP contribution in [-0.2, 0) is 4.79 Å². The van der Waals surface area contributed by atoms with E-state index in [2.05, 4.69) is 0 Å². The third kappa shape index (κ3) is 1.28. The summed E-state index contributed by atoms with van der Waals surface area (Å²) in [6, 6.07) is 7.36. The summed E-state index contributed by atoms with van der Waals surface area (Å²) in [5.74, 6) is 0.314. The van der Waals surface area contributed by atoms with Crippen molar-refractivity contribution >= 4 is 11.5 Å². The first-order valence-corrected chi connectivity index (χ1v) is 4.01. The van der Waals surface area contributed by atoms with Gasteiger partial charge in [0.15, 0.2) is 0 Å². The first-order chi connectivity index (χ1) is 6.29. The van der Waals surface area contributed by atoms with Gasteiger partial charge in [-0.15, -0.1) is 0 Å². The Balaban J connectivity index is 2.53. The number of benzene rings is 1. The van der Waals surface area contributed by atoms with Gasteiger partial charge in [-0.1, -0.05) is 18.2 Å². The van der Waals surface area contributed by atoms with Gasteiger partial charge in [0.2, 0.25) is 5.91 Å². The summed E-state index contributed by atoms with van der Waals surface area (Å²) < 4.78 is 5.32. The van der Waals surface area contributed by atoms with Crippen LogP contribution in [0.2, 0.25) is 0 Å². The van der Waals surface area contributed by atoms with Crippen molar-refractivity contribution in [1.29, 1.82) is 0 Å². The summed E-state index contributed by atoms with van der Waals surface area (Å²) in [7, 11) is 0. The van der Waals surface area contributed by atoms with E-state index in [1.165, 1.54) is 0 Å². The second kappa shape index (κ2) is 2.94. The largest absolute Gasteiger partial charge is 0.489 e. The molecule has 13 heavy (non-hydrogen) atoms. The third-order valence-electron chi connectivity index (χ3n) is 1.97. The van der Waals surface area contributed by atoms with Crippen molar-refractivity contribution in [1.82, 2.24) is 0 Å². The summed E-state index contributed by atoms with van der Waals surface area (Å²) in [6.45, 7) is 0.412. The molecule has 0 spiro atoms. The molecule has 1 aliphatic heterocycles. The van der Waals surface area contributed by atoms with E-state index in [0.717, 1.165) is 11.3 Å². The molecule has 0 aromatic heterocycles. The van der Waals surface area contributed by atoms with Gasteiger partial charge in [-0.25, -0.2) is 0 Å². The van der Waals surface area contributed by atoms with Crippen molar-refractivity contribution in [2.24, 2.45) is 5.73 Å². The molecule has 0 unspecified atom stereocenters. The number of hydrogen-bond donors (Lipinski definition) is 1. The van der Waals surface area contributed by atoms with Crippen molar-refractivity contribution in [3.8, 4) is 5.75 Å². The molecule has 66 valence electrons. The number of carbonyl (C=O) groups is 1. The van der Waals surface area contributed by atoms with Crippen LogP contribution in [0.5, 0.6) is 5.75 Å². The van der Waals surface area contributed by atoms with Gasteiger partial charge in [0.25, 0.3) is 0 Å². The van der Waals surface area contributed by atoms with E-state index >= 15 is 0 Å². The normalized spacial score (nSPS) is 14.0. The lowest BCUT2D eigenvalue weighted by molar-refractivity contribution is -0.112. The van der Waals surface area contributed by atoms with Crippen LogP contribution in [0.3, 0.4) is 0 Å². The van der Waals surface area contributed by atoms with Gasteiger partial charge in [0, 0.05) is 11.1 Å². The Hall–Kier alpha value is -1.77. The number of carbonyl (C=O) groups excluding carboxylic acids is 1. The first kappa shape index (κ1) is 7.86. The van der Waals surface area contributed by atoms with Crippen LogP contribution >= 0.6 is 0 Å². The summed E-state index contributed by atoms with van der Waals surface area (Å²) in [5.41, 5.74) is 6.54. The van der Waals surface area contributed by atoms with Crippen LogP contribution in [-0.4, -0.2) is 12.5 Å². The fourth-order valence-corrected chi connectivity index (χ4v) is 1.37. The average Bonchev–Trinajstić information content (AvgIpc) is 2.17. The molecule has 3 nitrogen and oxygen atoms in total.